The van der Waals surface area contributed by atoms with Gasteiger partial charge in [-0.3, -0.25) is 0 Å². The number of anilines is 1. The first-order chi connectivity index (χ1) is 7.74. The number of aromatic nitrogens is 4. The molecule has 7 heteroatoms. The highest BCUT2D eigenvalue weighted by atomic mass is 32.1. The molecule has 0 bridgehead atoms. The lowest BCUT2D eigenvalue weighted by Gasteiger charge is -2.00. The first kappa shape index (κ1) is 9.10. The number of nitrogens with one attached hydrogen (secondary N) is 1. The third kappa shape index (κ3) is 1.29. The molecule has 1 aromatic carbocycles. The summed E-state index contributed by atoms with van der Waals surface area (Å²) in [6.07, 6.45) is 1.57. The Hall–Kier alpha value is -2.15. The van der Waals surface area contributed by atoms with Crippen LogP contribution in [-0.2, 0) is 0 Å². The molecule has 2 heterocycles. The van der Waals surface area contributed by atoms with E-state index < -0.39 is 0 Å². The number of hydrogen-bond acceptors (Lipinski definition) is 5. The number of nitrogens with two attached hydrogens (primary N) is 1. The van der Waals surface area contributed by atoms with E-state index in [-0.39, 0.29) is 5.75 Å². The molecule has 0 fully saturated rings. The number of fused-ring (bicyclic) bond motifs is 1. The quantitative estimate of drug-likeness (QED) is 0.326. The van der Waals surface area contributed by atoms with Crippen molar-refractivity contribution in [3.05, 3.63) is 24.5 Å². The minimum atomic E-state index is 0.166. The monoisotopic (exact) mass is 234 g/mol. The van der Waals surface area contributed by atoms with E-state index in [1.54, 1.807) is 29.0 Å². The van der Waals surface area contributed by atoms with E-state index in [4.69, 9.17) is 5.73 Å². The molecular weight excluding hydrogens is 226 g/mol. The summed E-state index contributed by atoms with van der Waals surface area (Å²) in [5.41, 5.74) is 6.89. The number of phenolic OH excluding ortho intramolecular Hbond substituents is 1. The van der Waals surface area contributed by atoms with E-state index in [2.05, 4.69) is 15.3 Å². The average Bonchev–Trinajstić information content (AvgIpc) is 2.81. The van der Waals surface area contributed by atoms with Crippen molar-refractivity contribution in [1.82, 2.24) is 15.3 Å². The number of hydrogen-bond donors (Lipinski definition) is 3. The van der Waals surface area contributed by atoms with E-state index in [0.29, 0.717) is 16.3 Å². The first-order valence-corrected chi connectivity index (χ1v) is 5.36. The summed E-state index contributed by atoms with van der Waals surface area (Å²) in [7, 11) is 0. The first-order valence-electron chi connectivity index (χ1n) is 4.55. The lowest BCUT2D eigenvalue weighted by Crippen LogP contribution is -2.18. The number of rotatable bonds is 1. The highest BCUT2D eigenvalue weighted by molar-refractivity contribution is 7.19. The Bertz CT molecular complexity index is 630. The standard InChI is InChI=1S/C9H7N5OS/c10-5-1-2-7(15)6(3-5)8-13-14-4-11-12-9(14)16-8/h1-4H,10H2,(H,13,15)/p+1. The SMILES string of the molecule is Nc1ccc(O)c(-c2n[n+]3cn[nH]c3s2)c1. The number of aromatic amines is 1. The summed E-state index contributed by atoms with van der Waals surface area (Å²) in [5.74, 6) is 0.166. The van der Waals surface area contributed by atoms with Gasteiger partial charge in [-0.1, -0.05) is 9.61 Å². The van der Waals surface area contributed by atoms with Gasteiger partial charge in [0.25, 0.3) is 6.33 Å². The zero-order chi connectivity index (χ0) is 11.1. The minimum absolute atomic E-state index is 0.166. The van der Waals surface area contributed by atoms with Crippen LogP contribution in [0.15, 0.2) is 24.5 Å². The van der Waals surface area contributed by atoms with Gasteiger partial charge >= 0.3 is 4.96 Å². The number of H-pyrrole nitrogens is 1. The fourth-order valence-corrected chi connectivity index (χ4v) is 2.29. The summed E-state index contributed by atoms with van der Waals surface area (Å²) >= 11 is 1.40. The van der Waals surface area contributed by atoms with E-state index in [1.807, 2.05) is 0 Å². The van der Waals surface area contributed by atoms with Crippen molar-refractivity contribution in [2.24, 2.45) is 0 Å². The molecule has 6 nitrogen and oxygen atoms in total. The van der Waals surface area contributed by atoms with Crippen molar-refractivity contribution in [2.75, 3.05) is 5.73 Å². The second-order valence-electron chi connectivity index (χ2n) is 3.29. The van der Waals surface area contributed by atoms with E-state index >= 15 is 0 Å². The third-order valence-corrected chi connectivity index (χ3v) is 3.14. The van der Waals surface area contributed by atoms with Crippen LogP contribution in [0.5, 0.6) is 5.75 Å². The van der Waals surface area contributed by atoms with Crippen molar-refractivity contribution in [2.45, 2.75) is 0 Å². The average molecular weight is 234 g/mol. The van der Waals surface area contributed by atoms with Crippen LogP contribution in [0.3, 0.4) is 0 Å². The molecule has 0 atom stereocenters. The Balaban J connectivity index is 2.22. The number of nitrogens with zero attached hydrogens (tertiary/aromatic N) is 3. The van der Waals surface area contributed by atoms with Crippen LogP contribution in [0, 0.1) is 0 Å². The highest BCUT2D eigenvalue weighted by Gasteiger charge is 2.15. The van der Waals surface area contributed by atoms with Gasteiger partial charge in [0.1, 0.15) is 5.75 Å². The molecule has 4 N–H and O–H groups in total. The minimum Gasteiger partial charge on any atom is -0.507 e. The summed E-state index contributed by atoms with van der Waals surface area (Å²) in [6.45, 7) is 0. The maximum atomic E-state index is 9.73. The van der Waals surface area contributed by atoms with Gasteiger partial charge in [-0.25, -0.2) is 0 Å². The molecule has 3 rings (SSSR count). The Morgan fingerprint density at radius 2 is 2.31 bits per heavy atom. The molecule has 0 aliphatic carbocycles. The van der Waals surface area contributed by atoms with Crippen LogP contribution in [-0.4, -0.2) is 20.4 Å². The Morgan fingerprint density at radius 1 is 1.44 bits per heavy atom. The lowest BCUT2D eigenvalue weighted by atomic mass is 10.2. The molecule has 0 unspecified atom stereocenters. The lowest BCUT2D eigenvalue weighted by molar-refractivity contribution is -0.575. The molecule has 0 aliphatic heterocycles. The van der Waals surface area contributed by atoms with Crippen LogP contribution in [0.2, 0.25) is 0 Å². The van der Waals surface area contributed by atoms with Crippen LogP contribution < -0.4 is 10.2 Å². The predicted octanol–water partition coefficient (Wildman–Crippen LogP) is 0.560. The fraction of sp³-hybridized carbons (Fsp3) is 0. The maximum Gasteiger partial charge on any atom is 0.342 e. The maximum absolute atomic E-state index is 9.73. The van der Waals surface area contributed by atoms with Gasteiger partial charge < -0.3 is 10.8 Å². The molecule has 0 saturated carbocycles. The van der Waals surface area contributed by atoms with E-state index in [9.17, 15) is 5.11 Å². The molecule has 0 spiro atoms. The van der Waals surface area contributed by atoms with Gasteiger partial charge in [0, 0.05) is 10.8 Å². The van der Waals surface area contributed by atoms with Gasteiger partial charge in [-0.2, -0.15) is 0 Å². The highest BCUT2D eigenvalue weighted by Crippen LogP contribution is 2.32. The summed E-state index contributed by atoms with van der Waals surface area (Å²) in [5, 5.41) is 21.3. The second kappa shape index (κ2) is 3.17. The van der Waals surface area contributed by atoms with Gasteiger partial charge in [0.05, 0.1) is 5.56 Å². The number of phenols is 1. The summed E-state index contributed by atoms with van der Waals surface area (Å²) in [4.78, 5) is 0.803. The normalized spacial score (nSPS) is 11.0. The second-order valence-corrected chi connectivity index (χ2v) is 4.27. The van der Waals surface area contributed by atoms with Crippen LogP contribution >= 0.6 is 11.3 Å². The Kier molecular flexibility index (Phi) is 1.80. The molecular formula is C9H8N5OS+. The van der Waals surface area contributed by atoms with E-state index in [0.717, 1.165) is 4.96 Å². The molecule has 0 saturated heterocycles. The molecule has 0 aliphatic rings. The summed E-state index contributed by atoms with van der Waals surface area (Å²) < 4.78 is 1.61. The van der Waals surface area contributed by atoms with Crippen molar-refractivity contribution < 1.29 is 9.62 Å². The fourth-order valence-electron chi connectivity index (χ4n) is 1.43. The van der Waals surface area contributed by atoms with Crippen molar-refractivity contribution in [3.63, 3.8) is 0 Å². The molecule has 2 aromatic heterocycles. The molecule has 3 aromatic rings. The van der Waals surface area contributed by atoms with Crippen LogP contribution in [0.1, 0.15) is 0 Å². The topological polar surface area (TPSA) is 91.9 Å². The number of benzene rings is 1. The van der Waals surface area contributed by atoms with Crippen LogP contribution in [0.25, 0.3) is 15.5 Å². The molecule has 80 valence electrons. The molecule has 0 amide bonds. The molecule has 0 radical (unpaired) electrons. The number of aromatic hydroxyl groups is 1. The third-order valence-electron chi connectivity index (χ3n) is 2.18. The zero-order valence-electron chi connectivity index (χ0n) is 8.08. The van der Waals surface area contributed by atoms with Gasteiger partial charge in [-0.05, 0) is 29.5 Å². The van der Waals surface area contributed by atoms with Crippen molar-refractivity contribution in [1.29, 1.82) is 0 Å². The van der Waals surface area contributed by atoms with Crippen molar-refractivity contribution in [3.8, 4) is 16.3 Å². The van der Waals surface area contributed by atoms with E-state index in [1.165, 1.54) is 11.3 Å². The smallest absolute Gasteiger partial charge is 0.342 e. The zero-order valence-corrected chi connectivity index (χ0v) is 8.90. The Morgan fingerprint density at radius 3 is 3.12 bits per heavy atom. The van der Waals surface area contributed by atoms with Crippen LogP contribution in [0.4, 0.5) is 5.69 Å². The molecule has 16 heavy (non-hydrogen) atoms. The largest absolute Gasteiger partial charge is 0.507 e. The van der Waals surface area contributed by atoms with Gasteiger partial charge in [0.15, 0.2) is 5.01 Å². The van der Waals surface area contributed by atoms with Gasteiger partial charge in [0.2, 0.25) is 0 Å². The summed E-state index contributed by atoms with van der Waals surface area (Å²) in [6, 6.07) is 4.90. The number of nitrogen functional groups attached to an aromatic ring is 1. The van der Waals surface area contributed by atoms with Crippen molar-refractivity contribution >= 4 is 22.0 Å². The van der Waals surface area contributed by atoms with Gasteiger partial charge in [-0.15, -0.1) is 5.10 Å². The predicted molar refractivity (Wildman–Crippen MR) is 58.9 cm³/mol. The Labute approximate surface area is 94.0 Å².